The molecular weight excluding hydrogens is 288 g/mol. The highest BCUT2D eigenvalue weighted by molar-refractivity contribution is 6.34. The number of rotatable bonds is 4. The van der Waals surface area contributed by atoms with Gasteiger partial charge in [0.05, 0.1) is 12.1 Å². The lowest BCUT2D eigenvalue weighted by Crippen LogP contribution is -2.00. The van der Waals surface area contributed by atoms with Crippen molar-refractivity contribution in [2.75, 3.05) is 7.11 Å². The number of benzene rings is 2. The molecule has 0 amide bonds. The van der Waals surface area contributed by atoms with Crippen LogP contribution in [0.3, 0.4) is 0 Å². The number of hydrogen-bond donors (Lipinski definition) is 1. The number of furan rings is 1. The molecule has 0 fully saturated rings. The lowest BCUT2D eigenvalue weighted by Gasteiger charge is -2.08. The Balaban J connectivity index is 1.82. The number of ether oxygens (including phenoxy) is 1. The van der Waals surface area contributed by atoms with Crippen LogP contribution in [-0.4, -0.2) is 12.2 Å². The van der Waals surface area contributed by atoms with Crippen LogP contribution < -0.4 is 4.74 Å². The molecule has 1 atom stereocenters. The van der Waals surface area contributed by atoms with Crippen LogP contribution in [-0.2, 0) is 6.42 Å². The van der Waals surface area contributed by atoms with Crippen LogP contribution in [0.15, 0.2) is 52.9 Å². The summed E-state index contributed by atoms with van der Waals surface area (Å²) in [4.78, 5) is 0. The van der Waals surface area contributed by atoms with Gasteiger partial charge >= 0.3 is 0 Å². The summed E-state index contributed by atoms with van der Waals surface area (Å²) >= 11 is 6.08. The van der Waals surface area contributed by atoms with Gasteiger partial charge in [0.25, 0.3) is 0 Å². The molecule has 1 N–H and O–H groups in total. The Kier molecular flexibility index (Phi) is 3.86. The molecule has 1 heterocycles. The van der Waals surface area contributed by atoms with E-state index in [4.69, 9.17) is 20.8 Å². The van der Waals surface area contributed by atoms with Gasteiger partial charge in [-0.3, -0.25) is 0 Å². The molecular formula is C17H15ClO3. The first-order chi connectivity index (χ1) is 10.2. The third-order valence-corrected chi connectivity index (χ3v) is 3.73. The van der Waals surface area contributed by atoms with E-state index in [1.165, 1.54) is 0 Å². The van der Waals surface area contributed by atoms with Crippen LogP contribution >= 0.6 is 11.6 Å². The van der Waals surface area contributed by atoms with E-state index in [1.54, 1.807) is 13.2 Å². The van der Waals surface area contributed by atoms with Crippen molar-refractivity contribution in [2.45, 2.75) is 12.5 Å². The summed E-state index contributed by atoms with van der Waals surface area (Å²) < 4.78 is 10.8. The van der Waals surface area contributed by atoms with Crippen LogP contribution in [0.1, 0.15) is 17.4 Å². The fourth-order valence-corrected chi connectivity index (χ4v) is 2.52. The van der Waals surface area contributed by atoms with E-state index in [2.05, 4.69) is 0 Å². The fraction of sp³-hybridized carbons (Fsp3) is 0.176. The van der Waals surface area contributed by atoms with Crippen molar-refractivity contribution in [1.29, 1.82) is 0 Å². The highest BCUT2D eigenvalue weighted by atomic mass is 35.5. The molecule has 0 saturated carbocycles. The molecule has 2 aromatic carbocycles. The van der Waals surface area contributed by atoms with E-state index in [9.17, 15) is 5.11 Å². The van der Waals surface area contributed by atoms with Crippen molar-refractivity contribution in [3.05, 3.63) is 64.9 Å². The monoisotopic (exact) mass is 302 g/mol. The van der Waals surface area contributed by atoms with Gasteiger partial charge in [-0.1, -0.05) is 35.9 Å². The maximum absolute atomic E-state index is 10.3. The zero-order chi connectivity index (χ0) is 14.8. The molecule has 0 aliphatic carbocycles. The average Bonchev–Trinajstić information content (AvgIpc) is 2.94. The Labute approximate surface area is 127 Å². The normalized spacial score (nSPS) is 12.5. The quantitative estimate of drug-likeness (QED) is 0.778. The third kappa shape index (κ3) is 2.89. The van der Waals surface area contributed by atoms with Crippen molar-refractivity contribution in [1.82, 2.24) is 0 Å². The van der Waals surface area contributed by atoms with Crippen molar-refractivity contribution in [3.63, 3.8) is 0 Å². The van der Waals surface area contributed by atoms with Gasteiger partial charge in [0.2, 0.25) is 0 Å². The van der Waals surface area contributed by atoms with Crippen LogP contribution in [0.4, 0.5) is 0 Å². The molecule has 3 rings (SSSR count). The van der Waals surface area contributed by atoms with Crippen LogP contribution in [0.2, 0.25) is 5.02 Å². The summed E-state index contributed by atoms with van der Waals surface area (Å²) in [5.41, 5.74) is 1.62. The second kappa shape index (κ2) is 5.80. The fourth-order valence-electron chi connectivity index (χ4n) is 2.30. The highest BCUT2D eigenvalue weighted by Crippen LogP contribution is 2.30. The van der Waals surface area contributed by atoms with Gasteiger partial charge < -0.3 is 14.3 Å². The number of fused-ring (bicyclic) bond motifs is 1. The van der Waals surface area contributed by atoms with E-state index in [-0.39, 0.29) is 0 Å². The van der Waals surface area contributed by atoms with Crippen LogP contribution in [0.25, 0.3) is 11.0 Å². The first kappa shape index (κ1) is 14.0. The predicted molar refractivity (Wildman–Crippen MR) is 82.9 cm³/mol. The smallest absolute Gasteiger partial charge is 0.152 e. The first-order valence-corrected chi connectivity index (χ1v) is 7.04. The van der Waals surface area contributed by atoms with Gasteiger partial charge in [0, 0.05) is 11.8 Å². The number of aliphatic hydroxyl groups is 1. The van der Waals surface area contributed by atoms with Gasteiger partial charge in [0.15, 0.2) is 5.58 Å². The second-order valence-corrected chi connectivity index (χ2v) is 5.28. The number of para-hydroxylation sites is 1. The maximum atomic E-state index is 10.3. The van der Waals surface area contributed by atoms with E-state index in [1.807, 2.05) is 42.5 Å². The predicted octanol–water partition coefficient (Wildman–Crippen LogP) is 4.37. The summed E-state index contributed by atoms with van der Waals surface area (Å²) in [6, 6.07) is 15.0. The summed E-state index contributed by atoms with van der Waals surface area (Å²) in [6.07, 6.45) is -0.233. The van der Waals surface area contributed by atoms with Gasteiger partial charge in [-0.25, -0.2) is 0 Å². The minimum atomic E-state index is -0.707. The first-order valence-electron chi connectivity index (χ1n) is 6.66. The van der Waals surface area contributed by atoms with E-state index >= 15 is 0 Å². The summed E-state index contributed by atoms with van der Waals surface area (Å²) in [5, 5.41) is 11.8. The summed E-state index contributed by atoms with van der Waals surface area (Å²) in [7, 11) is 1.63. The topological polar surface area (TPSA) is 42.6 Å². The second-order valence-electron chi connectivity index (χ2n) is 4.87. The molecule has 3 nitrogen and oxygen atoms in total. The van der Waals surface area contributed by atoms with Gasteiger partial charge in [-0.15, -0.1) is 0 Å². The van der Waals surface area contributed by atoms with Crippen molar-refractivity contribution in [3.8, 4) is 5.75 Å². The van der Waals surface area contributed by atoms with Gasteiger partial charge in [0.1, 0.15) is 17.6 Å². The van der Waals surface area contributed by atoms with E-state index < -0.39 is 6.10 Å². The lowest BCUT2D eigenvalue weighted by molar-refractivity contribution is 0.152. The van der Waals surface area contributed by atoms with E-state index in [0.717, 1.165) is 16.7 Å². The average molecular weight is 303 g/mol. The minimum Gasteiger partial charge on any atom is -0.497 e. The van der Waals surface area contributed by atoms with E-state index in [0.29, 0.717) is 22.8 Å². The number of hydrogen-bond acceptors (Lipinski definition) is 3. The Morgan fingerprint density at radius 2 is 1.95 bits per heavy atom. The highest BCUT2D eigenvalue weighted by Gasteiger charge is 2.15. The van der Waals surface area contributed by atoms with Crippen molar-refractivity contribution < 1.29 is 14.3 Å². The standard InChI is InChI=1S/C17H15ClO3/c1-20-13-7-5-11(6-8-13)9-15(19)16-10-12-3-2-4-14(18)17(12)21-16/h2-8,10,15,19H,9H2,1H3. The molecule has 0 radical (unpaired) electrons. The van der Waals surface area contributed by atoms with Crippen LogP contribution in [0.5, 0.6) is 5.75 Å². The molecule has 0 aliphatic rings. The zero-order valence-corrected chi connectivity index (χ0v) is 12.3. The summed E-state index contributed by atoms with van der Waals surface area (Å²) in [5.74, 6) is 1.32. The van der Waals surface area contributed by atoms with Gasteiger partial charge in [-0.2, -0.15) is 0 Å². The molecule has 1 unspecified atom stereocenters. The SMILES string of the molecule is COc1ccc(CC(O)c2cc3cccc(Cl)c3o2)cc1. The molecule has 108 valence electrons. The largest absolute Gasteiger partial charge is 0.497 e. The van der Waals surface area contributed by atoms with Crippen LogP contribution in [0, 0.1) is 0 Å². The molecule has 21 heavy (non-hydrogen) atoms. The number of methoxy groups -OCH3 is 1. The molecule has 4 heteroatoms. The molecule has 0 aliphatic heterocycles. The lowest BCUT2D eigenvalue weighted by atomic mass is 10.1. The Bertz CT molecular complexity index is 746. The maximum Gasteiger partial charge on any atom is 0.152 e. The Hall–Kier alpha value is -1.97. The summed E-state index contributed by atoms with van der Waals surface area (Å²) in [6.45, 7) is 0. The number of aliphatic hydroxyl groups excluding tert-OH is 1. The van der Waals surface area contributed by atoms with Crippen molar-refractivity contribution >= 4 is 22.6 Å². The Morgan fingerprint density at radius 3 is 2.62 bits per heavy atom. The molecule has 0 spiro atoms. The molecule has 3 aromatic rings. The van der Waals surface area contributed by atoms with Gasteiger partial charge in [-0.05, 0) is 29.8 Å². The molecule has 0 saturated heterocycles. The zero-order valence-electron chi connectivity index (χ0n) is 11.5. The number of halogens is 1. The Morgan fingerprint density at radius 1 is 1.19 bits per heavy atom. The van der Waals surface area contributed by atoms with Crippen molar-refractivity contribution in [2.24, 2.45) is 0 Å². The third-order valence-electron chi connectivity index (χ3n) is 3.43. The molecule has 0 bridgehead atoms. The minimum absolute atomic E-state index is 0.474. The molecule has 1 aromatic heterocycles.